The van der Waals surface area contributed by atoms with Crippen LogP contribution in [0.3, 0.4) is 0 Å². The number of anilines is 1. The molecule has 1 saturated heterocycles. The summed E-state index contributed by atoms with van der Waals surface area (Å²) < 4.78 is 32.8. The molecule has 2 N–H and O–H groups in total. The van der Waals surface area contributed by atoms with Crippen LogP contribution in [0.4, 0.5) is 5.69 Å². The molecule has 1 heterocycles. The third kappa shape index (κ3) is 5.36. The molecule has 29 heavy (non-hydrogen) atoms. The van der Waals surface area contributed by atoms with Crippen molar-refractivity contribution in [3.8, 4) is 0 Å². The molecule has 1 aromatic carbocycles. The fourth-order valence-electron chi connectivity index (χ4n) is 4.09. The van der Waals surface area contributed by atoms with E-state index in [0.29, 0.717) is 49.5 Å². The average molecular weight is 424 g/mol. The topological polar surface area (TPSA) is 87.7 Å². The van der Waals surface area contributed by atoms with Crippen LogP contribution in [0.5, 0.6) is 0 Å². The van der Waals surface area contributed by atoms with Crippen LogP contribution < -0.4 is 10.6 Å². The van der Waals surface area contributed by atoms with Crippen LogP contribution in [0.25, 0.3) is 0 Å². The molecule has 3 atom stereocenters. The third-order valence-corrected chi connectivity index (χ3v) is 8.05. The first-order chi connectivity index (χ1) is 13.8. The van der Waals surface area contributed by atoms with Gasteiger partial charge in [0.05, 0.1) is 24.2 Å². The Morgan fingerprint density at radius 3 is 2.59 bits per heavy atom. The van der Waals surface area contributed by atoms with Gasteiger partial charge >= 0.3 is 0 Å². The molecule has 1 saturated carbocycles. The van der Waals surface area contributed by atoms with Crippen LogP contribution in [0.15, 0.2) is 23.1 Å². The van der Waals surface area contributed by atoms with Gasteiger partial charge in [0.1, 0.15) is 0 Å². The van der Waals surface area contributed by atoms with Crippen molar-refractivity contribution >= 4 is 21.6 Å². The molecular formula is C21H33N3O4S. The zero-order chi connectivity index (χ0) is 21.0. The lowest BCUT2D eigenvalue weighted by Crippen LogP contribution is -2.47. The third-order valence-electron chi connectivity index (χ3n) is 6.01. The summed E-state index contributed by atoms with van der Waals surface area (Å²) in [5.74, 6) is 0.407. The number of nitrogens with zero attached hydrogens (tertiary/aromatic N) is 1. The number of amides is 1. The zero-order valence-corrected chi connectivity index (χ0v) is 18.4. The van der Waals surface area contributed by atoms with Gasteiger partial charge in [-0.05, 0) is 50.3 Å². The van der Waals surface area contributed by atoms with E-state index in [9.17, 15) is 13.2 Å². The Bertz CT molecular complexity index is 821. The molecule has 2 fully saturated rings. The number of morpholine rings is 1. The highest BCUT2D eigenvalue weighted by molar-refractivity contribution is 7.89. The molecule has 162 valence electrons. The number of hydrogen-bond donors (Lipinski definition) is 2. The van der Waals surface area contributed by atoms with Crippen LogP contribution in [0.2, 0.25) is 0 Å². The first-order valence-corrected chi connectivity index (χ1v) is 12.0. The number of rotatable bonds is 6. The van der Waals surface area contributed by atoms with Crippen LogP contribution in [-0.4, -0.2) is 57.0 Å². The maximum absolute atomic E-state index is 13.0. The van der Waals surface area contributed by atoms with Crippen molar-refractivity contribution in [2.24, 2.45) is 5.92 Å². The predicted octanol–water partition coefficient (Wildman–Crippen LogP) is 2.51. The highest BCUT2D eigenvalue weighted by atomic mass is 32.2. The SMILES string of the molecule is Cc1ccc(NC(=O)[C@H](C)N[C@@H]2CCCC[C@@H]2C)cc1S(=O)(=O)N1CCOCC1. The second kappa shape index (κ2) is 9.55. The van der Waals surface area contributed by atoms with Crippen molar-refractivity contribution < 1.29 is 17.9 Å². The van der Waals surface area contributed by atoms with Crippen molar-refractivity contribution in [3.05, 3.63) is 23.8 Å². The van der Waals surface area contributed by atoms with Gasteiger partial charge in [-0.2, -0.15) is 4.31 Å². The molecule has 8 heteroatoms. The summed E-state index contributed by atoms with van der Waals surface area (Å²) in [6.45, 7) is 7.35. The molecule has 2 aliphatic rings. The highest BCUT2D eigenvalue weighted by Crippen LogP contribution is 2.26. The lowest BCUT2D eigenvalue weighted by atomic mass is 9.85. The molecule has 1 aliphatic carbocycles. The number of benzene rings is 1. The standard InChI is InChI=1S/C21H33N3O4S/c1-15-6-4-5-7-19(15)22-17(3)21(25)23-18-9-8-16(2)20(14-18)29(26,27)24-10-12-28-13-11-24/h8-9,14-15,17,19,22H,4-7,10-13H2,1-3H3,(H,23,25)/t15-,17-,19+/m0/s1. The second-order valence-corrected chi connectivity index (χ2v) is 10.1. The Morgan fingerprint density at radius 1 is 1.21 bits per heavy atom. The van der Waals surface area contributed by atoms with Gasteiger partial charge in [0.2, 0.25) is 15.9 Å². The van der Waals surface area contributed by atoms with E-state index in [-0.39, 0.29) is 16.8 Å². The summed E-state index contributed by atoms with van der Waals surface area (Å²) >= 11 is 0. The average Bonchev–Trinajstić information content (AvgIpc) is 2.71. The fourth-order valence-corrected chi connectivity index (χ4v) is 5.75. The van der Waals surface area contributed by atoms with E-state index in [1.165, 1.54) is 23.6 Å². The predicted molar refractivity (Wildman–Crippen MR) is 113 cm³/mol. The van der Waals surface area contributed by atoms with Gasteiger partial charge in [-0.3, -0.25) is 4.79 Å². The van der Waals surface area contributed by atoms with Crippen molar-refractivity contribution in [1.29, 1.82) is 0 Å². The van der Waals surface area contributed by atoms with Gasteiger partial charge in [-0.15, -0.1) is 0 Å². The quantitative estimate of drug-likeness (QED) is 0.734. The monoisotopic (exact) mass is 423 g/mol. The molecule has 0 unspecified atom stereocenters. The van der Waals surface area contributed by atoms with Gasteiger partial charge in [-0.25, -0.2) is 8.42 Å². The van der Waals surface area contributed by atoms with Crippen molar-refractivity contribution in [2.75, 3.05) is 31.6 Å². The normalized spacial score (nSPS) is 24.8. The van der Waals surface area contributed by atoms with E-state index in [1.807, 2.05) is 6.92 Å². The summed E-state index contributed by atoms with van der Waals surface area (Å²) in [6.07, 6.45) is 4.72. The molecule has 0 bridgehead atoms. The molecular weight excluding hydrogens is 390 g/mol. The second-order valence-electron chi connectivity index (χ2n) is 8.24. The van der Waals surface area contributed by atoms with Crippen molar-refractivity contribution in [2.45, 2.75) is 63.4 Å². The fraction of sp³-hybridized carbons (Fsp3) is 0.667. The molecule has 1 amide bonds. The molecule has 7 nitrogen and oxygen atoms in total. The van der Waals surface area contributed by atoms with E-state index in [4.69, 9.17) is 4.74 Å². The van der Waals surface area contributed by atoms with Crippen molar-refractivity contribution in [1.82, 2.24) is 9.62 Å². The van der Waals surface area contributed by atoms with Gasteiger partial charge in [0, 0.05) is 24.8 Å². The summed E-state index contributed by atoms with van der Waals surface area (Å²) in [7, 11) is -3.61. The summed E-state index contributed by atoms with van der Waals surface area (Å²) in [4.78, 5) is 12.9. The maximum Gasteiger partial charge on any atom is 0.243 e. The number of hydrogen-bond acceptors (Lipinski definition) is 5. The van der Waals surface area contributed by atoms with Crippen LogP contribution >= 0.6 is 0 Å². The van der Waals surface area contributed by atoms with Gasteiger partial charge < -0.3 is 15.4 Å². The number of sulfonamides is 1. The number of carbonyl (C=O) groups is 1. The Hall–Kier alpha value is -1.48. The van der Waals surface area contributed by atoms with E-state index in [0.717, 1.165) is 6.42 Å². The van der Waals surface area contributed by atoms with Gasteiger partial charge in [-0.1, -0.05) is 25.8 Å². The number of nitrogens with one attached hydrogen (secondary N) is 2. The number of aryl methyl sites for hydroxylation is 1. The lowest BCUT2D eigenvalue weighted by Gasteiger charge is -2.31. The smallest absolute Gasteiger partial charge is 0.243 e. The molecule has 0 radical (unpaired) electrons. The highest BCUT2D eigenvalue weighted by Gasteiger charge is 2.29. The first kappa shape index (κ1) is 22.2. The largest absolute Gasteiger partial charge is 0.379 e. The van der Waals surface area contributed by atoms with E-state index in [2.05, 4.69) is 17.6 Å². The minimum Gasteiger partial charge on any atom is -0.379 e. The van der Waals surface area contributed by atoms with Crippen LogP contribution in [-0.2, 0) is 19.6 Å². The summed E-state index contributed by atoms with van der Waals surface area (Å²) in [5, 5.41) is 6.32. The van der Waals surface area contributed by atoms with E-state index in [1.54, 1.807) is 25.1 Å². The molecule has 0 aromatic heterocycles. The van der Waals surface area contributed by atoms with Crippen LogP contribution in [0.1, 0.15) is 45.1 Å². The Kier molecular flexibility index (Phi) is 7.32. The Labute approximate surface area is 174 Å². The summed E-state index contributed by atoms with van der Waals surface area (Å²) in [6, 6.07) is 5.06. The first-order valence-electron chi connectivity index (χ1n) is 10.5. The molecule has 0 spiro atoms. The van der Waals surface area contributed by atoms with E-state index < -0.39 is 10.0 Å². The van der Waals surface area contributed by atoms with Gasteiger partial charge in [0.15, 0.2) is 0 Å². The molecule has 3 rings (SSSR count). The Balaban J connectivity index is 1.69. The minimum absolute atomic E-state index is 0.152. The van der Waals surface area contributed by atoms with Crippen LogP contribution in [0, 0.1) is 12.8 Å². The zero-order valence-electron chi connectivity index (χ0n) is 17.6. The lowest BCUT2D eigenvalue weighted by molar-refractivity contribution is -0.118. The summed E-state index contributed by atoms with van der Waals surface area (Å²) in [5.41, 5.74) is 1.16. The number of ether oxygens (including phenoxy) is 1. The Morgan fingerprint density at radius 2 is 1.90 bits per heavy atom. The van der Waals surface area contributed by atoms with Gasteiger partial charge in [0.25, 0.3) is 0 Å². The van der Waals surface area contributed by atoms with E-state index >= 15 is 0 Å². The minimum atomic E-state index is -3.61. The van der Waals surface area contributed by atoms with Crippen molar-refractivity contribution in [3.63, 3.8) is 0 Å². The molecule has 1 aliphatic heterocycles. The number of carbonyl (C=O) groups excluding carboxylic acids is 1. The maximum atomic E-state index is 13.0. The molecule has 1 aromatic rings.